The molecule has 1 amide bonds. The van der Waals surface area contributed by atoms with Crippen LogP contribution in [-0.2, 0) is 14.8 Å². The molecule has 0 aromatic heterocycles. The van der Waals surface area contributed by atoms with E-state index in [1.54, 1.807) is 9.21 Å². The zero-order valence-electron chi connectivity index (χ0n) is 13.6. The highest BCUT2D eigenvalue weighted by Crippen LogP contribution is 2.18. The van der Waals surface area contributed by atoms with E-state index >= 15 is 0 Å². The number of hydrogen-bond donors (Lipinski definition) is 1. The van der Waals surface area contributed by atoms with Gasteiger partial charge in [-0.3, -0.25) is 4.79 Å². The molecule has 7 heteroatoms. The van der Waals surface area contributed by atoms with Gasteiger partial charge in [0.25, 0.3) is 0 Å². The van der Waals surface area contributed by atoms with Gasteiger partial charge in [-0.05, 0) is 46.1 Å². The van der Waals surface area contributed by atoms with Crippen LogP contribution < -0.4 is 5.32 Å². The first-order chi connectivity index (χ1) is 9.79. The van der Waals surface area contributed by atoms with Gasteiger partial charge in [-0.15, -0.1) is 0 Å². The fourth-order valence-electron chi connectivity index (χ4n) is 2.73. The first-order valence-corrected chi connectivity index (χ1v) is 9.61. The van der Waals surface area contributed by atoms with E-state index in [1.165, 1.54) is 6.26 Å². The Balaban J connectivity index is 2.46. The highest BCUT2D eigenvalue weighted by atomic mass is 32.2. The predicted octanol–water partition coefficient (Wildman–Crippen LogP) is 0.505. The summed E-state index contributed by atoms with van der Waals surface area (Å²) in [6, 6.07) is -0.224. The molecule has 0 spiro atoms. The van der Waals surface area contributed by atoms with Crippen LogP contribution in [0.2, 0.25) is 0 Å². The SMILES string of the molecule is CCN(CC)C(=O)C(C)NCC1CCCN(S(C)(=O)=O)C1. The second-order valence-electron chi connectivity index (χ2n) is 5.77. The summed E-state index contributed by atoms with van der Waals surface area (Å²) in [6.07, 6.45) is 3.15. The Bertz CT molecular complexity index is 435. The average molecular weight is 319 g/mol. The van der Waals surface area contributed by atoms with Gasteiger partial charge in [0.2, 0.25) is 15.9 Å². The van der Waals surface area contributed by atoms with Crippen molar-refractivity contribution in [1.29, 1.82) is 0 Å². The minimum atomic E-state index is -3.10. The van der Waals surface area contributed by atoms with Gasteiger partial charge in [-0.25, -0.2) is 12.7 Å². The molecule has 1 N–H and O–H groups in total. The lowest BCUT2D eigenvalue weighted by Gasteiger charge is -2.32. The first-order valence-electron chi connectivity index (χ1n) is 7.76. The summed E-state index contributed by atoms with van der Waals surface area (Å²) in [7, 11) is -3.10. The van der Waals surface area contributed by atoms with Gasteiger partial charge in [0.1, 0.15) is 0 Å². The molecular weight excluding hydrogens is 290 g/mol. The van der Waals surface area contributed by atoms with E-state index in [4.69, 9.17) is 0 Å². The van der Waals surface area contributed by atoms with Gasteiger partial charge in [-0.1, -0.05) is 0 Å². The van der Waals surface area contributed by atoms with E-state index in [0.29, 0.717) is 32.7 Å². The van der Waals surface area contributed by atoms with Gasteiger partial charge in [0.05, 0.1) is 12.3 Å². The maximum absolute atomic E-state index is 12.2. The molecule has 0 saturated carbocycles. The lowest BCUT2D eigenvalue weighted by molar-refractivity contribution is -0.132. The normalized spacial score (nSPS) is 22.0. The van der Waals surface area contributed by atoms with Crippen LogP contribution in [0.5, 0.6) is 0 Å². The number of rotatable bonds is 7. The van der Waals surface area contributed by atoms with Gasteiger partial charge in [-0.2, -0.15) is 0 Å². The Morgan fingerprint density at radius 3 is 2.52 bits per heavy atom. The molecule has 1 aliphatic heterocycles. The van der Waals surface area contributed by atoms with Crippen molar-refractivity contribution in [1.82, 2.24) is 14.5 Å². The fraction of sp³-hybridized carbons (Fsp3) is 0.929. The third-order valence-corrected chi connectivity index (χ3v) is 5.38. The Kier molecular flexibility index (Phi) is 7.09. The molecule has 1 heterocycles. The highest BCUT2D eigenvalue weighted by molar-refractivity contribution is 7.88. The van der Waals surface area contributed by atoms with Crippen LogP contribution in [0.1, 0.15) is 33.6 Å². The molecule has 124 valence electrons. The number of sulfonamides is 1. The summed E-state index contributed by atoms with van der Waals surface area (Å²) >= 11 is 0. The van der Waals surface area contributed by atoms with Gasteiger partial charge in [0, 0.05) is 26.2 Å². The molecule has 21 heavy (non-hydrogen) atoms. The van der Waals surface area contributed by atoms with Crippen molar-refractivity contribution < 1.29 is 13.2 Å². The van der Waals surface area contributed by atoms with Gasteiger partial charge >= 0.3 is 0 Å². The second-order valence-corrected chi connectivity index (χ2v) is 7.75. The van der Waals surface area contributed by atoms with E-state index in [2.05, 4.69) is 5.32 Å². The van der Waals surface area contributed by atoms with Crippen molar-refractivity contribution in [3.8, 4) is 0 Å². The number of amides is 1. The van der Waals surface area contributed by atoms with Crippen molar-refractivity contribution >= 4 is 15.9 Å². The molecule has 1 saturated heterocycles. The van der Waals surface area contributed by atoms with Crippen LogP contribution >= 0.6 is 0 Å². The molecule has 2 unspecified atom stereocenters. The zero-order valence-corrected chi connectivity index (χ0v) is 14.4. The summed E-state index contributed by atoms with van der Waals surface area (Å²) in [6.45, 7) is 9.09. The zero-order chi connectivity index (χ0) is 16.0. The van der Waals surface area contributed by atoms with Crippen LogP contribution in [0.25, 0.3) is 0 Å². The smallest absolute Gasteiger partial charge is 0.239 e. The van der Waals surface area contributed by atoms with Crippen LogP contribution in [0, 0.1) is 5.92 Å². The fourth-order valence-corrected chi connectivity index (χ4v) is 3.68. The molecule has 0 radical (unpaired) electrons. The standard InChI is InChI=1S/C14H29N3O3S/c1-5-16(6-2)14(18)12(3)15-10-13-8-7-9-17(11-13)21(4,19)20/h12-13,15H,5-11H2,1-4H3. The van der Waals surface area contributed by atoms with Crippen molar-refractivity contribution in [3.05, 3.63) is 0 Å². The summed E-state index contributed by atoms with van der Waals surface area (Å²) in [5, 5.41) is 3.26. The lowest BCUT2D eigenvalue weighted by Crippen LogP contribution is -2.48. The molecule has 2 atom stereocenters. The summed E-state index contributed by atoms with van der Waals surface area (Å²) in [5.74, 6) is 0.385. The van der Waals surface area contributed by atoms with Crippen molar-refractivity contribution in [2.45, 2.75) is 39.7 Å². The maximum Gasteiger partial charge on any atom is 0.239 e. The quantitative estimate of drug-likeness (QED) is 0.742. The van der Waals surface area contributed by atoms with Crippen molar-refractivity contribution in [3.63, 3.8) is 0 Å². The van der Waals surface area contributed by atoms with Crippen molar-refractivity contribution in [2.75, 3.05) is 39.0 Å². The van der Waals surface area contributed by atoms with Crippen LogP contribution in [-0.4, -0.2) is 68.6 Å². The first kappa shape index (κ1) is 18.4. The molecule has 0 bridgehead atoms. The topological polar surface area (TPSA) is 69.7 Å². The molecule has 0 aromatic rings. The summed E-state index contributed by atoms with van der Waals surface area (Å²) < 4.78 is 24.7. The maximum atomic E-state index is 12.2. The molecule has 6 nitrogen and oxygen atoms in total. The van der Waals surface area contributed by atoms with E-state index in [0.717, 1.165) is 12.8 Å². The van der Waals surface area contributed by atoms with Crippen LogP contribution in [0.3, 0.4) is 0 Å². The summed E-state index contributed by atoms with van der Waals surface area (Å²) in [5.41, 5.74) is 0. The monoisotopic (exact) mass is 319 g/mol. The molecule has 0 aliphatic carbocycles. The number of nitrogens with one attached hydrogen (secondary N) is 1. The van der Waals surface area contributed by atoms with Crippen LogP contribution in [0.15, 0.2) is 0 Å². The molecule has 1 rings (SSSR count). The Labute approximate surface area is 128 Å². The third kappa shape index (κ3) is 5.56. The molecule has 1 aliphatic rings. The van der Waals surface area contributed by atoms with E-state index in [1.807, 2.05) is 20.8 Å². The average Bonchev–Trinajstić information content (AvgIpc) is 2.45. The van der Waals surface area contributed by atoms with Crippen molar-refractivity contribution in [2.24, 2.45) is 5.92 Å². The minimum absolute atomic E-state index is 0.107. The largest absolute Gasteiger partial charge is 0.342 e. The Hall–Kier alpha value is -0.660. The molecular formula is C14H29N3O3S. The number of carbonyl (C=O) groups excluding carboxylic acids is 1. The number of carbonyl (C=O) groups is 1. The number of likely N-dealkylation sites (N-methyl/N-ethyl adjacent to an activating group) is 1. The number of nitrogens with zero attached hydrogens (tertiary/aromatic N) is 2. The molecule has 0 aromatic carbocycles. The lowest BCUT2D eigenvalue weighted by atomic mass is 9.99. The van der Waals surface area contributed by atoms with E-state index < -0.39 is 10.0 Å². The highest BCUT2D eigenvalue weighted by Gasteiger charge is 2.26. The third-order valence-electron chi connectivity index (χ3n) is 4.11. The van der Waals surface area contributed by atoms with Gasteiger partial charge < -0.3 is 10.2 Å². The van der Waals surface area contributed by atoms with Gasteiger partial charge in [0.15, 0.2) is 0 Å². The van der Waals surface area contributed by atoms with E-state index in [9.17, 15) is 13.2 Å². The predicted molar refractivity (Wildman–Crippen MR) is 84.5 cm³/mol. The number of hydrogen-bond acceptors (Lipinski definition) is 4. The minimum Gasteiger partial charge on any atom is -0.342 e. The second kappa shape index (κ2) is 8.10. The Morgan fingerprint density at radius 2 is 2.00 bits per heavy atom. The Morgan fingerprint density at radius 1 is 1.38 bits per heavy atom. The van der Waals surface area contributed by atoms with Crippen LogP contribution in [0.4, 0.5) is 0 Å². The molecule has 1 fully saturated rings. The summed E-state index contributed by atoms with van der Waals surface area (Å²) in [4.78, 5) is 14.0. The number of piperidine rings is 1. The van der Waals surface area contributed by atoms with E-state index in [-0.39, 0.29) is 17.9 Å².